The molecule has 1 aromatic carbocycles. The van der Waals surface area contributed by atoms with E-state index in [1.807, 2.05) is 36.4 Å². The molecule has 0 saturated carbocycles. The van der Waals surface area contributed by atoms with E-state index in [0.29, 0.717) is 6.42 Å². The van der Waals surface area contributed by atoms with Gasteiger partial charge in [-0.05, 0) is 31.2 Å². The molecule has 1 rings (SSSR count). The van der Waals surface area contributed by atoms with Crippen LogP contribution in [0.2, 0.25) is 0 Å². The average molecular weight is 286 g/mol. The molecule has 0 aromatic heterocycles. The summed E-state index contributed by atoms with van der Waals surface area (Å²) in [5.74, 6) is -0.0677. The van der Waals surface area contributed by atoms with Crippen LogP contribution in [0.3, 0.4) is 0 Å². The summed E-state index contributed by atoms with van der Waals surface area (Å²) in [6.07, 6.45) is 12.3. The molecule has 1 amide bonds. The van der Waals surface area contributed by atoms with E-state index >= 15 is 0 Å². The van der Waals surface area contributed by atoms with Crippen LogP contribution in [0.4, 0.5) is 0 Å². The maximum absolute atomic E-state index is 11.6. The van der Waals surface area contributed by atoms with E-state index in [4.69, 9.17) is 0 Å². The molecule has 0 heterocycles. The first-order valence-corrected chi connectivity index (χ1v) is 7.78. The molecule has 21 heavy (non-hydrogen) atoms. The minimum Gasteiger partial charge on any atom is -0.273 e. The lowest BCUT2D eigenvalue weighted by Crippen LogP contribution is -2.19. The Hall–Kier alpha value is -1.90. The molecule has 0 radical (unpaired) electrons. The molecule has 0 aliphatic rings. The number of hydrogen-bond donors (Lipinski definition) is 1. The second-order valence-electron chi connectivity index (χ2n) is 5.14. The molecule has 0 unspecified atom stereocenters. The van der Waals surface area contributed by atoms with Gasteiger partial charge >= 0.3 is 0 Å². The fourth-order valence-electron chi connectivity index (χ4n) is 2.06. The van der Waals surface area contributed by atoms with Crippen LogP contribution in [-0.2, 0) is 11.2 Å². The van der Waals surface area contributed by atoms with Crippen molar-refractivity contribution in [1.82, 2.24) is 5.43 Å². The Kier molecular flexibility index (Phi) is 9.71. The third kappa shape index (κ3) is 9.61. The van der Waals surface area contributed by atoms with Crippen LogP contribution in [0.25, 0.3) is 0 Å². The van der Waals surface area contributed by atoms with Crippen LogP contribution in [0, 0.1) is 0 Å². The highest BCUT2D eigenvalue weighted by molar-refractivity contribution is 5.79. The van der Waals surface area contributed by atoms with Crippen molar-refractivity contribution in [3.63, 3.8) is 0 Å². The van der Waals surface area contributed by atoms with Gasteiger partial charge in [-0.15, -0.1) is 6.58 Å². The normalized spacial score (nSPS) is 10.7. The molecular formula is C18H26N2O. The predicted molar refractivity (Wildman–Crippen MR) is 89.3 cm³/mol. The van der Waals surface area contributed by atoms with Crippen LogP contribution >= 0.6 is 0 Å². The second-order valence-corrected chi connectivity index (χ2v) is 5.14. The van der Waals surface area contributed by atoms with E-state index in [-0.39, 0.29) is 5.91 Å². The van der Waals surface area contributed by atoms with E-state index in [1.165, 1.54) is 25.7 Å². The SMILES string of the molecule is C=CCCCCCCC/C=N\NC(=O)Cc1ccccc1. The van der Waals surface area contributed by atoms with Crippen molar-refractivity contribution in [1.29, 1.82) is 0 Å². The van der Waals surface area contributed by atoms with Gasteiger partial charge in [-0.25, -0.2) is 5.43 Å². The summed E-state index contributed by atoms with van der Waals surface area (Å²) in [5.41, 5.74) is 3.57. The summed E-state index contributed by atoms with van der Waals surface area (Å²) < 4.78 is 0. The molecular weight excluding hydrogens is 260 g/mol. The number of nitrogens with one attached hydrogen (secondary N) is 1. The highest BCUT2D eigenvalue weighted by Gasteiger charge is 2.00. The largest absolute Gasteiger partial charge is 0.273 e. The van der Waals surface area contributed by atoms with Gasteiger partial charge in [-0.1, -0.05) is 55.7 Å². The van der Waals surface area contributed by atoms with Crippen molar-refractivity contribution in [2.75, 3.05) is 0 Å². The topological polar surface area (TPSA) is 41.5 Å². The van der Waals surface area contributed by atoms with Gasteiger partial charge in [0.05, 0.1) is 6.42 Å². The molecule has 0 bridgehead atoms. The zero-order valence-electron chi connectivity index (χ0n) is 12.8. The van der Waals surface area contributed by atoms with Gasteiger partial charge in [0.2, 0.25) is 5.91 Å². The molecule has 0 fully saturated rings. The maximum atomic E-state index is 11.6. The van der Waals surface area contributed by atoms with Crippen molar-refractivity contribution in [2.45, 2.75) is 51.4 Å². The Balaban J connectivity index is 1.99. The number of nitrogens with zero attached hydrogens (tertiary/aromatic N) is 1. The number of allylic oxidation sites excluding steroid dienone is 1. The Labute approximate surface area is 128 Å². The quantitative estimate of drug-likeness (QED) is 0.281. The Bertz CT molecular complexity index is 426. The van der Waals surface area contributed by atoms with E-state index in [1.54, 1.807) is 6.21 Å². The third-order valence-corrected chi connectivity index (χ3v) is 3.23. The number of carbonyl (C=O) groups is 1. The number of hydrogen-bond acceptors (Lipinski definition) is 2. The lowest BCUT2D eigenvalue weighted by Gasteiger charge is -2.00. The fourth-order valence-corrected chi connectivity index (χ4v) is 2.06. The summed E-state index contributed by atoms with van der Waals surface area (Å²) in [6, 6.07) is 9.68. The van der Waals surface area contributed by atoms with Gasteiger partial charge in [0, 0.05) is 6.21 Å². The highest BCUT2D eigenvalue weighted by Crippen LogP contribution is 2.06. The van der Waals surface area contributed by atoms with E-state index in [0.717, 1.165) is 24.8 Å². The molecule has 114 valence electrons. The van der Waals surface area contributed by atoms with Gasteiger partial charge in [0.25, 0.3) is 0 Å². The summed E-state index contributed by atoms with van der Waals surface area (Å²) >= 11 is 0. The fraction of sp³-hybridized carbons (Fsp3) is 0.444. The zero-order chi connectivity index (χ0) is 15.2. The van der Waals surface area contributed by atoms with Gasteiger partial charge in [-0.3, -0.25) is 4.79 Å². The number of carbonyl (C=O) groups excluding carboxylic acids is 1. The highest BCUT2D eigenvalue weighted by atomic mass is 16.2. The van der Waals surface area contributed by atoms with Gasteiger partial charge in [0.1, 0.15) is 0 Å². The molecule has 0 aliphatic heterocycles. The van der Waals surface area contributed by atoms with Crippen LogP contribution in [-0.4, -0.2) is 12.1 Å². The number of rotatable bonds is 11. The molecule has 0 aliphatic carbocycles. The lowest BCUT2D eigenvalue weighted by atomic mass is 10.1. The molecule has 3 nitrogen and oxygen atoms in total. The van der Waals surface area contributed by atoms with Crippen LogP contribution < -0.4 is 5.43 Å². The van der Waals surface area contributed by atoms with Crippen LogP contribution in [0.5, 0.6) is 0 Å². The number of hydrazone groups is 1. The second kappa shape index (κ2) is 11.9. The van der Waals surface area contributed by atoms with Crippen LogP contribution in [0.15, 0.2) is 48.1 Å². The van der Waals surface area contributed by atoms with Crippen molar-refractivity contribution in [3.8, 4) is 0 Å². The van der Waals surface area contributed by atoms with Crippen molar-refractivity contribution in [3.05, 3.63) is 48.6 Å². The number of unbranched alkanes of at least 4 members (excludes halogenated alkanes) is 6. The standard InChI is InChI=1S/C18H26N2O/c1-2-3-4-5-6-7-8-12-15-19-20-18(21)16-17-13-10-9-11-14-17/h2,9-11,13-15H,1,3-8,12,16H2,(H,20,21)/b19-15-. The first-order chi connectivity index (χ1) is 10.3. The third-order valence-electron chi connectivity index (χ3n) is 3.23. The summed E-state index contributed by atoms with van der Waals surface area (Å²) in [5, 5.41) is 3.98. The minimum atomic E-state index is -0.0677. The number of amides is 1. The summed E-state index contributed by atoms with van der Waals surface area (Å²) in [7, 11) is 0. The van der Waals surface area contributed by atoms with E-state index in [9.17, 15) is 4.79 Å². The Morgan fingerprint density at radius 1 is 1.05 bits per heavy atom. The summed E-state index contributed by atoms with van der Waals surface area (Å²) in [4.78, 5) is 11.6. The summed E-state index contributed by atoms with van der Waals surface area (Å²) in [6.45, 7) is 3.72. The molecule has 1 N–H and O–H groups in total. The molecule has 3 heteroatoms. The molecule has 0 saturated heterocycles. The Morgan fingerprint density at radius 2 is 1.71 bits per heavy atom. The molecule has 0 spiro atoms. The lowest BCUT2D eigenvalue weighted by molar-refractivity contribution is -0.120. The molecule has 1 aromatic rings. The predicted octanol–water partition coefficient (Wildman–Crippen LogP) is 4.25. The minimum absolute atomic E-state index is 0.0677. The van der Waals surface area contributed by atoms with Crippen molar-refractivity contribution in [2.24, 2.45) is 5.10 Å². The molecule has 0 atom stereocenters. The van der Waals surface area contributed by atoms with E-state index in [2.05, 4.69) is 17.1 Å². The smallest absolute Gasteiger partial charge is 0.244 e. The van der Waals surface area contributed by atoms with E-state index < -0.39 is 0 Å². The van der Waals surface area contributed by atoms with Crippen molar-refractivity contribution < 1.29 is 4.79 Å². The first kappa shape index (κ1) is 17.2. The van der Waals surface area contributed by atoms with Gasteiger partial charge in [0.15, 0.2) is 0 Å². The van der Waals surface area contributed by atoms with Crippen molar-refractivity contribution >= 4 is 12.1 Å². The maximum Gasteiger partial charge on any atom is 0.244 e. The first-order valence-electron chi connectivity index (χ1n) is 7.78. The Morgan fingerprint density at radius 3 is 2.43 bits per heavy atom. The zero-order valence-corrected chi connectivity index (χ0v) is 12.8. The monoisotopic (exact) mass is 286 g/mol. The van der Waals surface area contributed by atoms with Gasteiger partial charge < -0.3 is 0 Å². The van der Waals surface area contributed by atoms with Gasteiger partial charge in [-0.2, -0.15) is 5.10 Å². The number of benzene rings is 1. The average Bonchev–Trinajstić information content (AvgIpc) is 2.50. The van der Waals surface area contributed by atoms with Crippen LogP contribution in [0.1, 0.15) is 50.5 Å².